The molecule has 158 valence electrons. The summed E-state index contributed by atoms with van der Waals surface area (Å²) in [7, 11) is 0. The fraction of sp³-hybridized carbons (Fsp3) is 0.385. The number of aromatic amines is 1. The van der Waals surface area contributed by atoms with Crippen molar-refractivity contribution in [1.82, 2.24) is 15.0 Å². The Morgan fingerprint density at radius 1 is 0.806 bits per heavy atom. The number of rotatable bonds is 4. The number of imidazole rings is 1. The maximum absolute atomic E-state index is 13.9. The van der Waals surface area contributed by atoms with Crippen molar-refractivity contribution in [2.75, 3.05) is 0 Å². The van der Waals surface area contributed by atoms with Gasteiger partial charge in [0.25, 0.3) is 0 Å². The van der Waals surface area contributed by atoms with E-state index in [9.17, 15) is 8.78 Å². The first-order valence-corrected chi connectivity index (χ1v) is 11.3. The molecule has 2 aromatic carbocycles. The van der Waals surface area contributed by atoms with Crippen LogP contribution in [0.4, 0.5) is 8.78 Å². The monoisotopic (exact) mass is 417 g/mol. The number of halogens is 2. The number of H-pyrrole nitrogens is 1. The molecule has 0 saturated heterocycles. The van der Waals surface area contributed by atoms with Crippen LogP contribution in [0, 0.1) is 23.5 Å². The van der Waals surface area contributed by atoms with E-state index in [1.54, 1.807) is 18.2 Å². The van der Waals surface area contributed by atoms with Crippen molar-refractivity contribution in [3.8, 4) is 0 Å². The summed E-state index contributed by atoms with van der Waals surface area (Å²) in [5, 5.41) is 0.948. The van der Waals surface area contributed by atoms with Gasteiger partial charge in [0.05, 0.1) is 16.6 Å². The van der Waals surface area contributed by atoms with Crippen LogP contribution in [0.15, 0.2) is 48.7 Å². The number of fused-ring (bicyclic) bond motifs is 2. The van der Waals surface area contributed by atoms with Gasteiger partial charge in [-0.25, -0.2) is 13.8 Å². The summed E-state index contributed by atoms with van der Waals surface area (Å²) in [6, 6.07) is 11.7. The van der Waals surface area contributed by atoms with E-state index in [1.165, 1.54) is 36.6 Å². The molecular weight excluding hydrogens is 392 g/mol. The second-order valence-electron chi connectivity index (χ2n) is 9.32. The van der Waals surface area contributed by atoms with Crippen molar-refractivity contribution in [3.05, 3.63) is 71.7 Å². The van der Waals surface area contributed by atoms with E-state index in [0.29, 0.717) is 23.7 Å². The van der Waals surface area contributed by atoms with E-state index in [0.717, 1.165) is 53.4 Å². The Hall–Kier alpha value is -2.82. The van der Waals surface area contributed by atoms with Crippen molar-refractivity contribution < 1.29 is 8.78 Å². The van der Waals surface area contributed by atoms with Gasteiger partial charge in [0, 0.05) is 23.6 Å². The molecule has 0 amide bonds. The van der Waals surface area contributed by atoms with Crippen LogP contribution in [0.2, 0.25) is 0 Å². The molecule has 0 spiro atoms. The summed E-state index contributed by atoms with van der Waals surface area (Å²) in [6.45, 7) is 0. The number of aromatic nitrogens is 3. The van der Waals surface area contributed by atoms with Crippen molar-refractivity contribution in [2.45, 2.75) is 50.4 Å². The summed E-state index contributed by atoms with van der Waals surface area (Å²) in [4.78, 5) is 12.7. The molecule has 0 bridgehead atoms. The third-order valence-corrected chi connectivity index (χ3v) is 7.37. The van der Waals surface area contributed by atoms with Crippen LogP contribution < -0.4 is 0 Å². The normalized spacial score (nSPS) is 22.8. The molecule has 5 heteroatoms. The Labute approximate surface area is 179 Å². The molecule has 2 heterocycles. The molecule has 6 rings (SSSR count). The van der Waals surface area contributed by atoms with E-state index in [-0.39, 0.29) is 11.6 Å². The third kappa shape index (κ3) is 3.50. The molecule has 31 heavy (non-hydrogen) atoms. The molecule has 2 fully saturated rings. The summed E-state index contributed by atoms with van der Waals surface area (Å²) in [5.74, 6) is 2.71. The Kier molecular flexibility index (Phi) is 4.51. The minimum atomic E-state index is -0.241. The van der Waals surface area contributed by atoms with Gasteiger partial charge in [-0.1, -0.05) is 0 Å². The van der Waals surface area contributed by atoms with Crippen LogP contribution in [0.3, 0.4) is 0 Å². The van der Waals surface area contributed by atoms with Crippen LogP contribution in [0.5, 0.6) is 0 Å². The third-order valence-electron chi connectivity index (χ3n) is 7.37. The summed E-state index contributed by atoms with van der Waals surface area (Å²) in [6.07, 6.45) is 8.82. The topological polar surface area (TPSA) is 41.6 Å². The molecule has 0 aliphatic heterocycles. The standard InChI is InChI=1S/C26H25F2N3/c27-18-7-9-22-21(13-18)20(11-12-29-22)15-1-3-16(4-2-15)25(17-5-6-17)26-30-23-10-8-19(28)14-24(23)31-26/h7-17,25H,1-6H2,(H,30,31)/t15-,16+,25?. The average Bonchev–Trinajstić information content (AvgIpc) is 3.52. The number of nitrogens with zero attached hydrogens (tertiary/aromatic N) is 2. The Morgan fingerprint density at radius 3 is 2.29 bits per heavy atom. The number of nitrogens with one attached hydrogen (secondary N) is 1. The SMILES string of the molecule is Fc1ccc2[nH]c(C(C3CC3)[C@H]3CC[C@@H](c4ccnc5ccc(F)cc54)CC3)nc2c1. The highest BCUT2D eigenvalue weighted by Crippen LogP contribution is 2.51. The molecule has 2 aromatic heterocycles. The molecule has 2 aliphatic rings. The lowest BCUT2D eigenvalue weighted by Crippen LogP contribution is -2.22. The van der Waals surface area contributed by atoms with Crippen LogP contribution in [-0.4, -0.2) is 15.0 Å². The van der Waals surface area contributed by atoms with Crippen molar-refractivity contribution in [1.29, 1.82) is 0 Å². The van der Waals surface area contributed by atoms with E-state index in [2.05, 4.69) is 16.0 Å². The minimum absolute atomic E-state index is 0.203. The number of hydrogen-bond acceptors (Lipinski definition) is 2. The highest BCUT2D eigenvalue weighted by molar-refractivity contribution is 5.82. The lowest BCUT2D eigenvalue weighted by atomic mass is 9.72. The maximum Gasteiger partial charge on any atom is 0.125 e. The largest absolute Gasteiger partial charge is 0.342 e. The van der Waals surface area contributed by atoms with Gasteiger partial charge in [-0.3, -0.25) is 4.98 Å². The smallest absolute Gasteiger partial charge is 0.125 e. The van der Waals surface area contributed by atoms with Crippen LogP contribution in [-0.2, 0) is 0 Å². The first-order valence-electron chi connectivity index (χ1n) is 11.3. The zero-order valence-corrected chi connectivity index (χ0v) is 17.3. The average molecular weight is 418 g/mol. The second kappa shape index (κ2) is 7.40. The molecular formula is C26H25F2N3. The van der Waals surface area contributed by atoms with Crippen molar-refractivity contribution >= 4 is 21.9 Å². The summed E-state index contributed by atoms with van der Waals surface area (Å²) < 4.78 is 27.5. The van der Waals surface area contributed by atoms with Gasteiger partial charge in [0.2, 0.25) is 0 Å². The summed E-state index contributed by atoms with van der Waals surface area (Å²) in [5.41, 5.74) is 3.73. The van der Waals surface area contributed by atoms with E-state index >= 15 is 0 Å². The van der Waals surface area contributed by atoms with Crippen LogP contribution >= 0.6 is 0 Å². The minimum Gasteiger partial charge on any atom is -0.342 e. The fourth-order valence-electron chi connectivity index (χ4n) is 5.73. The van der Waals surface area contributed by atoms with Crippen LogP contribution in [0.1, 0.15) is 61.7 Å². The predicted molar refractivity (Wildman–Crippen MR) is 118 cm³/mol. The van der Waals surface area contributed by atoms with Crippen molar-refractivity contribution in [2.24, 2.45) is 11.8 Å². The van der Waals surface area contributed by atoms with Gasteiger partial charge >= 0.3 is 0 Å². The second-order valence-corrected chi connectivity index (χ2v) is 9.32. The van der Waals surface area contributed by atoms with Gasteiger partial charge in [-0.2, -0.15) is 0 Å². The Morgan fingerprint density at radius 2 is 1.52 bits per heavy atom. The Bertz CT molecular complexity index is 1250. The maximum atomic E-state index is 13.9. The first-order chi connectivity index (χ1) is 15.2. The lowest BCUT2D eigenvalue weighted by molar-refractivity contribution is 0.259. The zero-order valence-electron chi connectivity index (χ0n) is 17.3. The molecule has 1 unspecified atom stereocenters. The van der Waals surface area contributed by atoms with E-state index in [1.807, 2.05) is 6.20 Å². The molecule has 0 radical (unpaired) electrons. The molecule has 1 atom stereocenters. The Balaban J connectivity index is 1.25. The lowest BCUT2D eigenvalue weighted by Gasteiger charge is -2.34. The quantitative estimate of drug-likeness (QED) is 0.394. The van der Waals surface area contributed by atoms with Crippen molar-refractivity contribution in [3.63, 3.8) is 0 Å². The fourth-order valence-corrected chi connectivity index (χ4v) is 5.73. The highest BCUT2D eigenvalue weighted by atomic mass is 19.1. The molecule has 2 saturated carbocycles. The van der Waals surface area contributed by atoms with Gasteiger partial charge in [-0.05, 0) is 98.2 Å². The first kappa shape index (κ1) is 18.9. The number of hydrogen-bond donors (Lipinski definition) is 1. The molecule has 4 aromatic rings. The van der Waals surface area contributed by atoms with Gasteiger partial charge in [0.1, 0.15) is 17.5 Å². The van der Waals surface area contributed by atoms with Gasteiger partial charge in [-0.15, -0.1) is 0 Å². The number of benzene rings is 2. The summed E-state index contributed by atoms with van der Waals surface area (Å²) >= 11 is 0. The number of pyridine rings is 1. The van der Waals surface area contributed by atoms with Gasteiger partial charge < -0.3 is 4.98 Å². The van der Waals surface area contributed by atoms with Gasteiger partial charge in [0.15, 0.2) is 0 Å². The predicted octanol–water partition coefficient (Wildman–Crippen LogP) is 6.86. The van der Waals surface area contributed by atoms with E-state index < -0.39 is 0 Å². The van der Waals surface area contributed by atoms with Crippen LogP contribution in [0.25, 0.3) is 21.9 Å². The zero-order chi connectivity index (χ0) is 20.9. The molecule has 2 aliphatic carbocycles. The molecule has 3 nitrogen and oxygen atoms in total. The molecule has 1 N–H and O–H groups in total. The van der Waals surface area contributed by atoms with E-state index in [4.69, 9.17) is 4.98 Å². The highest BCUT2D eigenvalue weighted by Gasteiger charge is 2.41.